The van der Waals surface area contributed by atoms with Gasteiger partial charge in [0.25, 0.3) is 5.56 Å². The zero-order chi connectivity index (χ0) is 28.4. The molecule has 0 bridgehead atoms. The number of furan rings is 1. The number of hydrogen-bond acceptors (Lipinski definition) is 11. The Morgan fingerprint density at radius 1 is 1.12 bits per heavy atom. The first-order chi connectivity index (χ1) is 19.4. The van der Waals surface area contributed by atoms with Gasteiger partial charge in [0.05, 0.1) is 63.0 Å². The highest BCUT2D eigenvalue weighted by Gasteiger charge is 2.34. The molecule has 1 fully saturated rings. The van der Waals surface area contributed by atoms with E-state index < -0.39 is 12.0 Å². The largest absolute Gasteiger partial charge is 0.493 e. The van der Waals surface area contributed by atoms with E-state index >= 15 is 0 Å². The topological polar surface area (TPSA) is 114 Å². The highest BCUT2D eigenvalue weighted by molar-refractivity contribution is 7.07. The van der Waals surface area contributed by atoms with E-state index in [1.54, 1.807) is 32.1 Å². The van der Waals surface area contributed by atoms with Gasteiger partial charge in [0, 0.05) is 25.2 Å². The molecule has 0 radical (unpaired) electrons. The van der Waals surface area contributed by atoms with Crippen LogP contribution in [0.2, 0.25) is 0 Å². The van der Waals surface area contributed by atoms with E-state index in [-0.39, 0.29) is 17.7 Å². The molecule has 1 unspecified atom stereocenters. The minimum absolute atomic E-state index is 0.173. The van der Waals surface area contributed by atoms with Crippen molar-refractivity contribution in [1.82, 2.24) is 4.57 Å². The first-order valence-corrected chi connectivity index (χ1v) is 13.6. The van der Waals surface area contributed by atoms with Gasteiger partial charge in [-0.1, -0.05) is 11.3 Å². The molecule has 1 saturated heterocycles. The average molecular weight is 570 g/mol. The lowest BCUT2D eigenvalue weighted by molar-refractivity contribution is -0.139. The van der Waals surface area contributed by atoms with Gasteiger partial charge in [0.15, 0.2) is 22.2 Å². The van der Waals surface area contributed by atoms with Gasteiger partial charge in [0.2, 0.25) is 5.75 Å². The Morgan fingerprint density at radius 3 is 2.45 bits per heavy atom. The van der Waals surface area contributed by atoms with Crippen LogP contribution in [0.15, 0.2) is 49.7 Å². The summed E-state index contributed by atoms with van der Waals surface area (Å²) in [5.41, 5.74) is 0.966. The van der Waals surface area contributed by atoms with Crippen molar-refractivity contribution in [1.29, 1.82) is 0 Å². The van der Waals surface area contributed by atoms with E-state index in [0.29, 0.717) is 56.8 Å². The number of esters is 1. The maximum atomic E-state index is 13.9. The molecule has 2 aliphatic heterocycles. The molecule has 40 heavy (non-hydrogen) atoms. The number of morpholine rings is 1. The van der Waals surface area contributed by atoms with E-state index in [4.69, 9.17) is 28.1 Å². The third-order valence-electron chi connectivity index (χ3n) is 6.73. The smallest absolute Gasteiger partial charge is 0.338 e. The highest BCUT2D eigenvalue weighted by atomic mass is 32.1. The summed E-state index contributed by atoms with van der Waals surface area (Å²) in [7, 11) is 4.53. The summed E-state index contributed by atoms with van der Waals surface area (Å²) >= 11 is 1.22. The summed E-state index contributed by atoms with van der Waals surface area (Å²) in [4.78, 5) is 34.3. The van der Waals surface area contributed by atoms with Crippen LogP contribution in [-0.2, 0) is 14.3 Å². The second-order valence-corrected chi connectivity index (χ2v) is 10.0. The molecule has 2 aromatic heterocycles. The molecule has 0 amide bonds. The number of rotatable bonds is 8. The molecular weight excluding hydrogens is 538 g/mol. The number of methoxy groups -OCH3 is 3. The summed E-state index contributed by atoms with van der Waals surface area (Å²) in [6, 6.07) is 6.32. The minimum atomic E-state index is -0.841. The Bertz CT molecular complexity index is 1600. The van der Waals surface area contributed by atoms with Gasteiger partial charge in [-0.05, 0) is 37.6 Å². The molecule has 1 atom stereocenters. The molecule has 3 aromatic rings. The molecule has 2 aliphatic rings. The zero-order valence-electron chi connectivity index (χ0n) is 23.0. The molecule has 1 aromatic carbocycles. The Hall–Kier alpha value is -4.03. The Kier molecular flexibility index (Phi) is 7.99. The van der Waals surface area contributed by atoms with Crippen LogP contribution in [0, 0.1) is 0 Å². The number of ether oxygens (including phenoxy) is 5. The van der Waals surface area contributed by atoms with Crippen LogP contribution in [0.25, 0.3) is 6.08 Å². The number of allylic oxidation sites excluding steroid dienone is 1. The number of nitrogens with zero attached hydrogens (tertiary/aromatic N) is 3. The number of carbonyl (C=O) groups excluding carboxylic acids is 1. The summed E-state index contributed by atoms with van der Waals surface area (Å²) in [5, 5.41) is 0. The SMILES string of the molecule is CCOC(=O)C1=C(C)N=c2s/c(=C/c3ccc(N4CCOCC4)o3)c(=O)n2C1c1cc(OC)c(OC)c(OC)c1. The second-order valence-electron chi connectivity index (χ2n) is 9.04. The fourth-order valence-electron chi connectivity index (χ4n) is 4.87. The molecule has 12 heteroatoms. The third kappa shape index (κ3) is 5.00. The number of fused-ring (bicyclic) bond motifs is 1. The van der Waals surface area contributed by atoms with Gasteiger partial charge in [-0.2, -0.15) is 0 Å². The van der Waals surface area contributed by atoms with Gasteiger partial charge < -0.3 is 33.0 Å². The molecule has 11 nitrogen and oxygen atoms in total. The van der Waals surface area contributed by atoms with Crippen molar-refractivity contribution in [2.45, 2.75) is 19.9 Å². The Labute approximate surface area is 234 Å². The van der Waals surface area contributed by atoms with Crippen LogP contribution in [0.1, 0.15) is 31.2 Å². The maximum absolute atomic E-state index is 13.9. The number of benzene rings is 1. The second kappa shape index (κ2) is 11.6. The molecule has 0 spiro atoms. The lowest BCUT2D eigenvalue weighted by Gasteiger charge is -2.26. The van der Waals surface area contributed by atoms with Crippen molar-refractivity contribution >= 4 is 29.3 Å². The predicted octanol–water partition coefficient (Wildman–Crippen LogP) is 2.25. The zero-order valence-corrected chi connectivity index (χ0v) is 23.8. The van der Waals surface area contributed by atoms with Crippen LogP contribution >= 0.6 is 11.3 Å². The van der Waals surface area contributed by atoms with Crippen LogP contribution in [0.3, 0.4) is 0 Å². The van der Waals surface area contributed by atoms with Gasteiger partial charge in [-0.3, -0.25) is 9.36 Å². The quantitative estimate of drug-likeness (QED) is 0.377. The molecule has 0 N–H and O–H groups in total. The molecule has 0 aliphatic carbocycles. The van der Waals surface area contributed by atoms with Crippen LogP contribution in [0.4, 0.5) is 5.88 Å². The molecule has 212 valence electrons. The van der Waals surface area contributed by atoms with Crippen molar-refractivity contribution in [3.63, 3.8) is 0 Å². The van der Waals surface area contributed by atoms with E-state index in [0.717, 1.165) is 19.0 Å². The number of carbonyl (C=O) groups is 1. The molecular formula is C28H31N3O8S. The summed E-state index contributed by atoms with van der Waals surface area (Å²) in [5.74, 6) is 1.88. The van der Waals surface area contributed by atoms with E-state index in [1.807, 2.05) is 12.1 Å². The van der Waals surface area contributed by atoms with Crippen molar-refractivity contribution in [3.8, 4) is 17.2 Å². The fourth-order valence-corrected chi connectivity index (χ4v) is 5.90. The predicted molar refractivity (Wildman–Crippen MR) is 148 cm³/mol. The first kappa shape index (κ1) is 27.5. The van der Waals surface area contributed by atoms with Crippen molar-refractivity contribution in [3.05, 3.63) is 66.5 Å². The first-order valence-electron chi connectivity index (χ1n) is 12.8. The van der Waals surface area contributed by atoms with Gasteiger partial charge in [-0.25, -0.2) is 9.79 Å². The molecule has 4 heterocycles. The number of thiazole rings is 1. The van der Waals surface area contributed by atoms with E-state index in [9.17, 15) is 9.59 Å². The average Bonchev–Trinajstić information content (AvgIpc) is 3.56. The minimum Gasteiger partial charge on any atom is -0.493 e. The van der Waals surface area contributed by atoms with Gasteiger partial charge in [0.1, 0.15) is 5.76 Å². The molecule has 5 rings (SSSR count). The normalized spacial score (nSPS) is 17.4. The van der Waals surface area contributed by atoms with Crippen LogP contribution < -0.4 is 34.0 Å². The fraction of sp³-hybridized carbons (Fsp3) is 0.393. The van der Waals surface area contributed by atoms with E-state index in [2.05, 4.69) is 9.89 Å². The van der Waals surface area contributed by atoms with Crippen molar-refractivity contribution < 1.29 is 32.9 Å². The monoisotopic (exact) mass is 569 g/mol. The van der Waals surface area contributed by atoms with Crippen LogP contribution in [-0.4, -0.2) is 64.8 Å². The summed E-state index contributed by atoms with van der Waals surface area (Å²) in [6.07, 6.45) is 1.70. The van der Waals surface area contributed by atoms with Crippen molar-refractivity contribution in [2.24, 2.45) is 4.99 Å². The number of hydrogen-bond donors (Lipinski definition) is 0. The highest BCUT2D eigenvalue weighted by Crippen LogP contribution is 2.42. The number of anilines is 1. The van der Waals surface area contributed by atoms with E-state index in [1.165, 1.54) is 37.2 Å². The Balaban J connectivity index is 1.67. The summed E-state index contributed by atoms with van der Waals surface area (Å²) < 4.78 is 35.4. The molecule has 0 saturated carbocycles. The van der Waals surface area contributed by atoms with Gasteiger partial charge >= 0.3 is 5.97 Å². The third-order valence-corrected chi connectivity index (χ3v) is 7.71. The van der Waals surface area contributed by atoms with Gasteiger partial charge in [-0.15, -0.1) is 0 Å². The maximum Gasteiger partial charge on any atom is 0.338 e. The number of aromatic nitrogens is 1. The summed E-state index contributed by atoms with van der Waals surface area (Å²) in [6.45, 7) is 6.38. The standard InChI is InChI=1S/C28H31N3O8S/c1-6-38-27(33)23-16(2)29-28-31(24(23)17-13-19(34-3)25(36-5)20(14-17)35-4)26(32)21(40-28)15-18-7-8-22(39-18)30-9-11-37-12-10-30/h7-8,13-15,24H,6,9-12H2,1-5H3/b21-15+. The lowest BCUT2D eigenvalue weighted by Crippen LogP contribution is -2.40. The Morgan fingerprint density at radius 2 is 1.82 bits per heavy atom. The van der Waals surface area contributed by atoms with Crippen LogP contribution in [0.5, 0.6) is 17.2 Å². The lowest BCUT2D eigenvalue weighted by atomic mass is 9.95. The van der Waals surface area contributed by atoms with Crippen molar-refractivity contribution in [2.75, 3.05) is 59.1 Å².